The van der Waals surface area contributed by atoms with Crippen LogP contribution in [0.15, 0.2) is 46.9 Å². The second kappa shape index (κ2) is 6.55. The number of nitrogen functional groups attached to an aromatic ring is 1. The van der Waals surface area contributed by atoms with Crippen molar-refractivity contribution in [3.63, 3.8) is 0 Å². The Balaban J connectivity index is 2.07. The molecule has 0 bridgehead atoms. The van der Waals surface area contributed by atoms with Crippen LogP contribution < -0.4 is 5.73 Å². The van der Waals surface area contributed by atoms with Crippen molar-refractivity contribution in [1.82, 2.24) is 0 Å². The summed E-state index contributed by atoms with van der Waals surface area (Å²) in [5.41, 5.74) is 8.47. The van der Waals surface area contributed by atoms with Gasteiger partial charge in [-0.15, -0.1) is 0 Å². The van der Waals surface area contributed by atoms with Crippen molar-refractivity contribution in [1.29, 1.82) is 0 Å². The zero-order valence-corrected chi connectivity index (χ0v) is 13.3. The van der Waals surface area contributed by atoms with Gasteiger partial charge in [0.15, 0.2) is 0 Å². The molecule has 5 heteroatoms. The largest absolute Gasteiger partial charge is 0.398 e. The van der Waals surface area contributed by atoms with Crippen molar-refractivity contribution in [2.75, 3.05) is 5.73 Å². The zero-order valence-electron chi connectivity index (χ0n) is 10.1. The van der Waals surface area contributed by atoms with Crippen molar-refractivity contribution in [3.8, 4) is 0 Å². The van der Waals surface area contributed by atoms with Gasteiger partial charge in [-0.3, -0.25) is 4.21 Å². The van der Waals surface area contributed by atoms with Crippen LogP contribution in [0.4, 0.5) is 5.69 Å². The van der Waals surface area contributed by atoms with Gasteiger partial charge in [0.2, 0.25) is 0 Å². The molecule has 0 saturated carbocycles. The van der Waals surface area contributed by atoms with Crippen LogP contribution in [0.25, 0.3) is 0 Å². The van der Waals surface area contributed by atoms with Gasteiger partial charge in [0, 0.05) is 37.3 Å². The van der Waals surface area contributed by atoms with E-state index in [1.807, 2.05) is 30.3 Å². The van der Waals surface area contributed by atoms with Crippen molar-refractivity contribution in [2.45, 2.75) is 11.5 Å². The highest BCUT2D eigenvalue weighted by Gasteiger charge is 2.09. The minimum absolute atomic E-state index is 0.440. The Hall–Kier alpha value is -0.840. The number of hydrogen-bond acceptors (Lipinski definition) is 2. The molecule has 0 aliphatic rings. The Bertz CT molecular complexity index is 581. The van der Waals surface area contributed by atoms with E-state index < -0.39 is 10.8 Å². The molecule has 0 spiro atoms. The van der Waals surface area contributed by atoms with Gasteiger partial charge < -0.3 is 5.73 Å². The normalized spacial score (nSPS) is 12.3. The summed E-state index contributed by atoms with van der Waals surface area (Å²) >= 11 is 9.26. The van der Waals surface area contributed by atoms with E-state index >= 15 is 0 Å². The van der Waals surface area contributed by atoms with Gasteiger partial charge in [-0.1, -0.05) is 45.7 Å². The number of rotatable bonds is 4. The van der Waals surface area contributed by atoms with Gasteiger partial charge in [-0.25, -0.2) is 0 Å². The van der Waals surface area contributed by atoms with Gasteiger partial charge in [0.25, 0.3) is 0 Å². The molecule has 0 aromatic heterocycles. The Morgan fingerprint density at radius 3 is 2.42 bits per heavy atom. The summed E-state index contributed by atoms with van der Waals surface area (Å²) in [5.74, 6) is 0.938. The Morgan fingerprint density at radius 2 is 1.79 bits per heavy atom. The Morgan fingerprint density at radius 1 is 1.11 bits per heavy atom. The number of hydrogen-bond donors (Lipinski definition) is 1. The average Bonchev–Trinajstić information content (AvgIpc) is 2.37. The molecule has 2 aromatic carbocycles. The lowest BCUT2D eigenvalue weighted by Crippen LogP contribution is -2.03. The summed E-state index contributed by atoms with van der Waals surface area (Å²) in [7, 11) is -1.00. The van der Waals surface area contributed by atoms with Crippen LogP contribution in [-0.2, 0) is 22.3 Å². The maximum Gasteiger partial charge on any atom is 0.0520 e. The molecule has 0 amide bonds. The molecular formula is C14H13BrClNOS. The quantitative estimate of drug-likeness (QED) is 0.835. The summed E-state index contributed by atoms with van der Waals surface area (Å²) in [4.78, 5) is 0. The topological polar surface area (TPSA) is 43.1 Å². The number of halogens is 2. The summed E-state index contributed by atoms with van der Waals surface area (Å²) < 4.78 is 13.1. The molecule has 0 aliphatic heterocycles. The van der Waals surface area contributed by atoms with E-state index in [4.69, 9.17) is 17.3 Å². The fourth-order valence-corrected chi connectivity index (χ4v) is 3.85. The zero-order chi connectivity index (χ0) is 13.8. The molecule has 2 N–H and O–H groups in total. The lowest BCUT2D eigenvalue weighted by Gasteiger charge is -2.08. The van der Waals surface area contributed by atoms with Gasteiger partial charge in [0.1, 0.15) is 0 Å². The molecule has 1 unspecified atom stereocenters. The smallest absolute Gasteiger partial charge is 0.0520 e. The molecule has 1 atom stereocenters. The maximum absolute atomic E-state index is 12.2. The summed E-state index contributed by atoms with van der Waals surface area (Å²) in [6, 6.07) is 13.0. The van der Waals surface area contributed by atoms with Crippen LogP contribution in [0.3, 0.4) is 0 Å². The second-order valence-electron chi connectivity index (χ2n) is 4.16. The molecule has 2 rings (SSSR count). The number of nitrogens with two attached hydrogens (primary N) is 1. The second-order valence-corrected chi connectivity index (χ2v) is 6.91. The molecule has 100 valence electrons. The van der Waals surface area contributed by atoms with Crippen LogP contribution in [0.1, 0.15) is 11.1 Å². The highest BCUT2D eigenvalue weighted by atomic mass is 79.9. The monoisotopic (exact) mass is 357 g/mol. The first-order chi connectivity index (χ1) is 9.06. The molecule has 0 heterocycles. The fourth-order valence-electron chi connectivity index (χ4n) is 1.71. The lowest BCUT2D eigenvalue weighted by atomic mass is 10.2. The molecule has 0 saturated heterocycles. The maximum atomic E-state index is 12.2. The van der Waals surface area contributed by atoms with E-state index in [0.717, 1.165) is 15.6 Å². The van der Waals surface area contributed by atoms with Crippen LogP contribution >= 0.6 is 27.5 Å². The van der Waals surface area contributed by atoms with Gasteiger partial charge in [0.05, 0.1) is 5.75 Å². The van der Waals surface area contributed by atoms with Crippen molar-refractivity contribution in [3.05, 3.63) is 63.1 Å². The summed E-state index contributed by atoms with van der Waals surface area (Å²) in [6.45, 7) is 0. The van der Waals surface area contributed by atoms with E-state index in [2.05, 4.69) is 15.9 Å². The molecule has 0 radical (unpaired) electrons. The van der Waals surface area contributed by atoms with Crippen molar-refractivity contribution in [2.24, 2.45) is 0 Å². The first kappa shape index (κ1) is 14.6. The predicted molar refractivity (Wildman–Crippen MR) is 85.6 cm³/mol. The van der Waals surface area contributed by atoms with E-state index in [9.17, 15) is 4.21 Å². The van der Waals surface area contributed by atoms with Crippen molar-refractivity contribution < 1.29 is 4.21 Å². The number of anilines is 1. The fraction of sp³-hybridized carbons (Fsp3) is 0.143. The molecule has 0 fully saturated rings. The first-order valence-electron chi connectivity index (χ1n) is 5.68. The van der Waals surface area contributed by atoms with Crippen molar-refractivity contribution >= 4 is 44.0 Å². The van der Waals surface area contributed by atoms with Gasteiger partial charge in [-0.2, -0.15) is 0 Å². The average molecular weight is 359 g/mol. The van der Waals surface area contributed by atoms with Gasteiger partial charge in [-0.05, 0) is 29.8 Å². The molecule has 2 aromatic rings. The third kappa shape index (κ3) is 4.06. The third-order valence-corrected chi connectivity index (χ3v) is 4.96. The summed E-state index contributed by atoms with van der Waals surface area (Å²) in [5, 5.41) is 0.685. The Labute approximate surface area is 128 Å². The number of benzene rings is 2. The third-order valence-electron chi connectivity index (χ3n) is 2.70. The lowest BCUT2D eigenvalue weighted by molar-refractivity contribution is 0.682. The highest BCUT2D eigenvalue weighted by molar-refractivity contribution is 9.10. The SMILES string of the molecule is Nc1cccc(Br)c1CS(=O)Cc1ccc(Cl)cc1. The minimum atomic E-state index is -1.00. The highest BCUT2D eigenvalue weighted by Crippen LogP contribution is 2.24. The van der Waals surface area contributed by atoms with E-state index in [1.165, 1.54) is 0 Å². The van der Waals surface area contributed by atoms with Crippen LogP contribution in [0.5, 0.6) is 0 Å². The van der Waals surface area contributed by atoms with E-state index in [-0.39, 0.29) is 0 Å². The Kier molecular flexibility index (Phi) is 5.02. The predicted octanol–water partition coefficient (Wildman–Crippen LogP) is 4.13. The minimum Gasteiger partial charge on any atom is -0.398 e. The van der Waals surface area contributed by atoms with Crippen LogP contribution in [-0.4, -0.2) is 4.21 Å². The molecular weight excluding hydrogens is 346 g/mol. The van der Waals surface area contributed by atoms with Crippen LogP contribution in [0.2, 0.25) is 5.02 Å². The van der Waals surface area contributed by atoms with Crippen LogP contribution in [0, 0.1) is 0 Å². The molecule has 2 nitrogen and oxygen atoms in total. The molecule has 0 aliphatic carbocycles. The van der Waals surface area contributed by atoms with E-state index in [1.54, 1.807) is 12.1 Å². The molecule has 19 heavy (non-hydrogen) atoms. The summed E-state index contributed by atoms with van der Waals surface area (Å²) in [6.07, 6.45) is 0. The van der Waals surface area contributed by atoms with E-state index in [0.29, 0.717) is 22.2 Å². The standard InChI is InChI=1S/C14H13BrClNOS/c15-13-2-1-3-14(17)12(13)9-19(18)8-10-4-6-11(16)7-5-10/h1-7H,8-9,17H2. The first-order valence-corrected chi connectivity index (χ1v) is 8.34. The van der Waals surface area contributed by atoms with Gasteiger partial charge >= 0.3 is 0 Å².